The highest BCUT2D eigenvalue weighted by atomic mass is 16.5. The first-order valence-electron chi connectivity index (χ1n) is 4.69. The molecule has 0 aromatic carbocycles. The molecule has 0 saturated carbocycles. The first-order chi connectivity index (χ1) is 7.54. The summed E-state index contributed by atoms with van der Waals surface area (Å²) in [5.41, 5.74) is 5.55. The highest BCUT2D eigenvalue weighted by Crippen LogP contribution is 2.17. The number of methoxy groups -OCH3 is 1. The molecule has 0 radical (unpaired) electrons. The van der Waals surface area contributed by atoms with E-state index in [0.29, 0.717) is 6.61 Å². The van der Waals surface area contributed by atoms with Crippen molar-refractivity contribution in [1.29, 1.82) is 0 Å². The Labute approximate surface area is 93.0 Å². The SMILES string of the molecule is COCC(C)Oc1cc(C(=O)O)c(N)cn1. The van der Waals surface area contributed by atoms with Crippen LogP contribution in [0.25, 0.3) is 0 Å². The first-order valence-corrected chi connectivity index (χ1v) is 4.69. The van der Waals surface area contributed by atoms with Gasteiger partial charge in [0.05, 0.1) is 24.1 Å². The topological polar surface area (TPSA) is 94.7 Å². The minimum atomic E-state index is -1.11. The van der Waals surface area contributed by atoms with Crippen LogP contribution in [-0.2, 0) is 4.74 Å². The van der Waals surface area contributed by atoms with Crippen LogP contribution in [0.15, 0.2) is 12.3 Å². The number of pyridine rings is 1. The van der Waals surface area contributed by atoms with Crippen LogP contribution in [0.4, 0.5) is 5.69 Å². The molecule has 0 bridgehead atoms. The van der Waals surface area contributed by atoms with Gasteiger partial charge in [-0.25, -0.2) is 9.78 Å². The minimum absolute atomic E-state index is 0.0189. The lowest BCUT2D eigenvalue weighted by atomic mass is 10.2. The van der Waals surface area contributed by atoms with Crippen LogP contribution in [0.2, 0.25) is 0 Å². The average molecular weight is 226 g/mol. The Morgan fingerprint density at radius 1 is 1.69 bits per heavy atom. The molecule has 1 heterocycles. The van der Waals surface area contributed by atoms with Gasteiger partial charge >= 0.3 is 5.97 Å². The molecule has 1 unspecified atom stereocenters. The van der Waals surface area contributed by atoms with Gasteiger partial charge in [-0.15, -0.1) is 0 Å². The van der Waals surface area contributed by atoms with Crippen LogP contribution in [0.5, 0.6) is 5.88 Å². The van der Waals surface area contributed by atoms with E-state index in [-0.39, 0.29) is 23.2 Å². The molecule has 1 aromatic rings. The van der Waals surface area contributed by atoms with Crippen LogP contribution < -0.4 is 10.5 Å². The van der Waals surface area contributed by atoms with E-state index in [4.69, 9.17) is 20.3 Å². The van der Waals surface area contributed by atoms with E-state index in [1.54, 1.807) is 14.0 Å². The van der Waals surface area contributed by atoms with Gasteiger partial charge in [-0.05, 0) is 6.92 Å². The number of carbonyl (C=O) groups is 1. The summed E-state index contributed by atoms with van der Waals surface area (Å²) in [5, 5.41) is 8.84. The lowest BCUT2D eigenvalue weighted by Gasteiger charge is -2.13. The van der Waals surface area contributed by atoms with Crippen molar-refractivity contribution in [2.24, 2.45) is 0 Å². The quantitative estimate of drug-likeness (QED) is 0.770. The van der Waals surface area contributed by atoms with Gasteiger partial charge in [0.25, 0.3) is 0 Å². The van der Waals surface area contributed by atoms with Crippen LogP contribution in [-0.4, -0.2) is 35.9 Å². The number of ether oxygens (including phenoxy) is 2. The maximum atomic E-state index is 10.8. The maximum absolute atomic E-state index is 10.8. The number of anilines is 1. The van der Waals surface area contributed by atoms with Crippen molar-refractivity contribution in [3.05, 3.63) is 17.8 Å². The van der Waals surface area contributed by atoms with Gasteiger partial charge in [0.1, 0.15) is 6.10 Å². The molecular formula is C10H14N2O4. The van der Waals surface area contributed by atoms with Crippen molar-refractivity contribution in [1.82, 2.24) is 4.98 Å². The molecule has 3 N–H and O–H groups in total. The molecule has 1 atom stereocenters. The normalized spacial score (nSPS) is 12.1. The number of aromatic nitrogens is 1. The molecule has 0 aliphatic heterocycles. The fourth-order valence-corrected chi connectivity index (χ4v) is 1.17. The summed E-state index contributed by atoms with van der Waals surface area (Å²) >= 11 is 0. The molecular weight excluding hydrogens is 212 g/mol. The lowest BCUT2D eigenvalue weighted by Crippen LogP contribution is -2.19. The smallest absolute Gasteiger partial charge is 0.338 e. The van der Waals surface area contributed by atoms with E-state index in [9.17, 15) is 4.79 Å². The zero-order valence-electron chi connectivity index (χ0n) is 9.14. The van der Waals surface area contributed by atoms with E-state index in [1.165, 1.54) is 12.3 Å². The molecule has 16 heavy (non-hydrogen) atoms. The molecule has 0 spiro atoms. The number of nitrogens with zero attached hydrogens (tertiary/aromatic N) is 1. The summed E-state index contributed by atoms with van der Waals surface area (Å²) in [5.74, 6) is -0.889. The standard InChI is InChI=1S/C10H14N2O4/c1-6(5-15-2)16-9-3-7(10(13)14)8(11)4-12-9/h3-4,6H,5,11H2,1-2H3,(H,13,14). The number of aromatic carboxylic acids is 1. The third-order valence-corrected chi connectivity index (χ3v) is 1.86. The summed E-state index contributed by atoms with van der Waals surface area (Å²) in [4.78, 5) is 14.7. The zero-order chi connectivity index (χ0) is 12.1. The molecule has 0 fully saturated rings. The fourth-order valence-electron chi connectivity index (χ4n) is 1.17. The maximum Gasteiger partial charge on any atom is 0.338 e. The molecule has 0 amide bonds. The van der Waals surface area contributed by atoms with Gasteiger partial charge < -0.3 is 20.3 Å². The Morgan fingerprint density at radius 3 is 2.94 bits per heavy atom. The van der Waals surface area contributed by atoms with Crippen molar-refractivity contribution in [3.8, 4) is 5.88 Å². The van der Waals surface area contributed by atoms with E-state index in [1.807, 2.05) is 0 Å². The highest BCUT2D eigenvalue weighted by molar-refractivity contribution is 5.93. The van der Waals surface area contributed by atoms with Gasteiger partial charge in [0, 0.05) is 13.2 Å². The Bertz CT molecular complexity index is 381. The summed E-state index contributed by atoms with van der Waals surface area (Å²) in [7, 11) is 1.55. The molecule has 0 aliphatic rings. The third-order valence-electron chi connectivity index (χ3n) is 1.86. The Morgan fingerprint density at radius 2 is 2.38 bits per heavy atom. The van der Waals surface area contributed by atoms with E-state index in [2.05, 4.69) is 4.98 Å². The highest BCUT2D eigenvalue weighted by Gasteiger charge is 2.12. The molecule has 1 aromatic heterocycles. The van der Waals surface area contributed by atoms with E-state index < -0.39 is 5.97 Å². The number of carboxylic acid groups (broad SMARTS) is 1. The van der Waals surface area contributed by atoms with Gasteiger partial charge in [-0.3, -0.25) is 0 Å². The fraction of sp³-hybridized carbons (Fsp3) is 0.400. The van der Waals surface area contributed by atoms with Crippen molar-refractivity contribution in [2.45, 2.75) is 13.0 Å². The third kappa shape index (κ3) is 3.09. The molecule has 88 valence electrons. The molecule has 6 heteroatoms. The summed E-state index contributed by atoms with van der Waals surface area (Å²) in [6.07, 6.45) is 1.06. The van der Waals surface area contributed by atoms with Crippen molar-refractivity contribution in [2.75, 3.05) is 19.5 Å². The Hall–Kier alpha value is -1.82. The average Bonchev–Trinajstić information content (AvgIpc) is 2.21. The first kappa shape index (κ1) is 12.3. The van der Waals surface area contributed by atoms with E-state index in [0.717, 1.165) is 0 Å². The van der Waals surface area contributed by atoms with Gasteiger partial charge in [0.15, 0.2) is 0 Å². The number of hydrogen-bond donors (Lipinski definition) is 2. The summed E-state index contributed by atoms with van der Waals surface area (Å²) < 4.78 is 10.2. The van der Waals surface area contributed by atoms with Crippen LogP contribution in [0.1, 0.15) is 17.3 Å². The number of hydrogen-bond acceptors (Lipinski definition) is 5. The zero-order valence-corrected chi connectivity index (χ0v) is 9.14. The molecule has 0 saturated heterocycles. The van der Waals surface area contributed by atoms with Gasteiger partial charge in [-0.2, -0.15) is 0 Å². The molecule has 6 nitrogen and oxygen atoms in total. The second-order valence-corrected chi connectivity index (χ2v) is 3.30. The van der Waals surface area contributed by atoms with Crippen LogP contribution in [0, 0.1) is 0 Å². The van der Waals surface area contributed by atoms with Crippen molar-refractivity contribution < 1.29 is 19.4 Å². The Kier molecular flexibility index (Phi) is 4.07. The minimum Gasteiger partial charge on any atom is -0.478 e. The molecule has 1 rings (SSSR count). The van der Waals surface area contributed by atoms with Crippen molar-refractivity contribution >= 4 is 11.7 Å². The van der Waals surface area contributed by atoms with Crippen LogP contribution >= 0.6 is 0 Å². The summed E-state index contributed by atoms with van der Waals surface area (Å²) in [6, 6.07) is 1.30. The number of nitrogens with two attached hydrogens (primary N) is 1. The second kappa shape index (κ2) is 5.32. The van der Waals surface area contributed by atoms with Crippen molar-refractivity contribution in [3.63, 3.8) is 0 Å². The Balaban J connectivity index is 2.82. The van der Waals surface area contributed by atoms with Gasteiger partial charge in [0.2, 0.25) is 5.88 Å². The second-order valence-electron chi connectivity index (χ2n) is 3.30. The van der Waals surface area contributed by atoms with Crippen LogP contribution in [0.3, 0.4) is 0 Å². The molecule has 0 aliphatic carbocycles. The largest absolute Gasteiger partial charge is 0.478 e. The lowest BCUT2D eigenvalue weighted by molar-refractivity contribution is 0.0694. The summed E-state index contributed by atoms with van der Waals surface area (Å²) in [6.45, 7) is 2.19. The monoisotopic (exact) mass is 226 g/mol. The number of carboxylic acids is 1. The number of nitrogen functional groups attached to an aromatic ring is 1. The van der Waals surface area contributed by atoms with Gasteiger partial charge in [-0.1, -0.05) is 0 Å². The predicted molar refractivity (Wildman–Crippen MR) is 57.6 cm³/mol. The number of rotatable bonds is 5. The predicted octanol–water partition coefficient (Wildman–Crippen LogP) is 0.776. The van der Waals surface area contributed by atoms with E-state index >= 15 is 0 Å².